The van der Waals surface area contributed by atoms with Crippen LogP contribution >= 0.6 is 0 Å². The van der Waals surface area contributed by atoms with E-state index in [4.69, 9.17) is 15.2 Å². The molecule has 0 unspecified atom stereocenters. The number of rotatable bonds is 1. The Kier molecular flexibility index (Phi) is 2.18. The van der Waals surface area contributed by atoms with Gasteiger partial charge < -0.3 is 19.8 Å². The standard InChI is InChI=1S/C12H13N3O2/c1-15-9(7-14-12(15)13)8-2-3-10-11(6-8)17-5-4-16-10/h2-3,6-7H,4-5H2,1H3,(H2,13,14). The van der Waals surface area contributed by atoms with Crippen LogP contribution in [0, 0.1) is 0 Å². The maximum absolute atomic E-state index is 5.71. The van der Waals surface area contributed by atoms with Crippen molar-refractivity contribution in [2.45, 2.75) is 0 Å². The normalized spacial score (nSPS) is 13.7. The Morgan fingerprint density at radius 3 is 2.71 bits per heavy atom. The van der Waals surface area contributed by atoms with Crippen LogP contribution in [-0.4, -0.2) is 22.8 Å². The van der Waals surface area contributed by atoms with Crippen molar-refractivity contribution < 1.29 is 9.47 Å². The fourth-order valence-electron chi connectivity index (χ4n) is 1.89. The summed E-state index contributed by atoms with van der Waals surface area (Å²) >= 11 is 0. The van der Waals surface area contributed by atoms with Crippen molar-refractivity contribution in [3.63, 3.8) is 0 Å². The summed E-state index contributed by atoms with van der Waals surface area (Å²) in [5, 5.41) is 0. The average molecular weight is 231 g/mol. The Labute approximate surface area is 98.8 Å². The van der Waals surface area contributed by atoms with E-state index in [1.165, 1.54) is 0 Å². The minimum Gasteiger partial charge on any atom is -0.486 e. The molecule has 17 heavy (non-hydrogen) atoms. The zero-order valence-electron chi connectivity index (χ0n) is 9.51. The zero-order valence-corrected chi connectivity index (χ0v) is 9.51. The second kappa shape index (κ2) is 3.69. The lowest BCUT2D eigenvalue weighted by Gasteiger charge is -2.18. The van der Waals surface area contributed by atoms with Gasteiger partial charge in [0.1, 0.15) is 13.2 Å². The first-order chi connectivity index (χ1) is 8.25. The number of aromatic nitrogens is 2. The molecule has 0 fully saturated rings. The lowest BCUT2D eigenvalue weighted by atomic mass is 10.1. The summed E-state index contributed by atoms with van der Waals surface area (Å²) in [4.78, 5) is 4.07. The highest BCUT2D eigenvalue weighted by molar-refractivity contribution is 5.65. The van der Waals surface area contributed by atoms with Crippen molar-refractivity contribution in [3.8, 4) is 22.8 Å². The van der Waals surface area contributed by atoms with Crippen molar-refractivity contribution in [1.82, 2.24) is 9.55 Å². The van der Waals surface area contributed by atoms with Crippen molar-refractivity contribution >= 4 is 5.95 Å². The lowest BCUT2D eigenvalue weighted by Crippen LogP contribution is -2.15. The quantitative estimate of drug-likeness (QED) is 0.806. The van der Waals surface area contributed by atoms with Gasteiger partial charge in [-0.05, 0) is 18.2 Å². The largest absolute Gasteiger partial charge is 0.486 e. The summed E-state index contributed by atoms with van der Waals surface area (Å²) in [7, 11) is 1.88. The number of benzene rings is 1. The van der Waals surface area contributed by atoms with Gasteiger partial charge in [0.05, 0.1) is 11.9 Å². The summed E-state index contributed by atoms with van der Waals surface area (Å²) in [6.45, 7) is 1.19. The van der Waals surface area contributed by atoms with E-state index in [1.807, 2.05) is 29.8 Å². The molecule has 5 heteroatoms. The van der Waals surface area contributed by atoms with Gasteiger partial charge in [-0.1, -0.05) is 0 Å². The van der Waals surface area contributed by atoms with Crippen LogP contribution in [0.1, 0.15) is 0 Å². The number of ether oxygens (including phenoxy) is 2. The van der Waals surface area contributed by atoms with E-state index in [1.54, 1.807) is 6.20 Å². The Balaban J connectivity index is 2.07. The van der Waals surface area contributed by atoms with Crippen molar-refractivity contribution in [2.75, 3.05) is 18.9 Å². The highest BCUT2D eigenvalue weighted by Gasteiger charge is 2.14. The number of hydrogen-bond donors (Lipinski definition) is 1. The second-order valence-electron chi connectivity index (χ2n) is 3.92. The minimum absolute atomic E-state index is 0.495. The first kappa shape index (κ1) is 10.0. The van der Waals surface area contributed by atoms with Crippen LogP contribution in [0.5, 0.6) is 11.5 Å². The molecule has 5 nitrogen and oxygen atoms in total. The predicted molar refractivity (Wildman–Crippen MR) is 64.0 cm³/mol. The maximum atomic E-state index is 5.71. The van der Waals surface area contributed by atoms with Crippen molar-refractivity contribution in [1.29, 1.82) is 0 Å². The number of nitrogens with zero attached hydrogens (tertiary/aromatic N) is 2. The van der Waals surface area contributed by atoms with Gasteiger partial charge in [0.2, 0.25) is 0 Å². The second-order valence-corrected chi connectivity index (χ2v) is 3.92. The molecule has 0 saturated heterocycles. The van der Waals surface area contributed by atoms with Gasteiger partial charge in [-0.3, -0.25) is 0 Å². The molecule has 0 radical (unpaired) electrons. The fourth-order valence-corrected chi connectivity index (χ4v) is 1.89. The van der Waals surface area contributed by atoms with E-state index >= 15 is 0 Å². The van der Waals surface area contributed by atoms with Gasteiger partial charge >= 0.3 is 0 Å². The summed E-state index contributed by atoms with van der Waals surface area (Å²) < 4.78 is 12.9. The van der Waals surface area contributed by atoms with Crippen LogP contribution in [0.2, 0.25) is 0 Å². The van der Waals surface area contributed by atoms with Crippen molar-refractivity contribution in [2.24, 2.45) is 7.05 Å². The number of hydrogen-bond acceptors (Lipinski definition) is 4. The smallest absolute Gasteiger partial charge is 0.200 e. The molecule has 0 amide bonds. The third kappa shape index (κ3) is 1.60. The molecule has 1 aromatic carbocycles. The molecular weight excluding hydrogens is 218 g/mol. The molecule has 1 aliphatic heterocycles. The van der Waals surface area contributed by atoms with Crippen LogP contribution < -0.4 is 15.2 Å². The summed E-state index contributed by atoms with van der Waals surface area (Å²) in [6, 6.07) is 5.84. The molecule has 1 aromatic heterocycles. The summed E-state index contributed by atoms with van der Waals surface area (Å²) in [5.41, 5.74) is 7.68. The Morgan fingerprint density at radius 2 is 2.00 bits per heavy atom. The molecule has 2 aromatic rings. The highest BCUT2D eigenvalue weighted by Crippen LogP contribution is 2.34. The van der Waals surface area contributed by atoms with Gasteiger partial charge in [-0.15, -0.1) is 0 Å². The molecule has 0 spiro atoms. The molecule has 0 saturated carbocycles. The van der Waals surface area contributed by atoms with Crippen LogP contribution in [-0.2, 0) is 7.05 Å². The van der Waals surface area contributed by atoms with Crippen LogP contribution in [0.4, 0.5) is 5.95 Å². The maximum Gasteiger partial charge on any atom is 0.200 e. The first-order valence-electron chi connectivity index (χ1n) is 5.43. The number of imidazole rings is 1. The molecule has 0 atom stereocenters. The van der Waals surface area contributed by atoms with Gasteiger partial charge in [0.25, 0.3) is 0 Å². The predicted octanol–water partition coefficient (Wildman–Crippen LogP) is 1.44. The van der Waals surface area contributed by atoms with E-state index in [0.29, 0.717) is 19.2 Å². The number of anilines is 1. The van der Waals surface area contributed by atoms with E-state index in [0.717, 1.165) is 22.8 Å². The highest BCUT2D eigenvalue weighted by atomic mass is 16.6. The van der Waals surface area contributed by atoms with Crippen LogP contribution in [0.3, 0.4) is 0 Å². The lowest BCUT2D eigenvalue weighted by molar-refractivity contribution is 0.171. The van der Waals surface area contributed by atoms with E-state index < -0.39 is 0 Å². The first-order valence-corrected chi connectivity index (χ1v) is 5.43. The number of fused-ring (bicyclic) bond motifs is 1. The minimum atomic E-state index is 0.495. The van der Waals surface area contributed by atoms with Gasteiger partial charge in [0, 0.05) is 12.6 Å². The Hall–Kier alpha value is -2.17. The van der Waals surface area contributed by atoms with Crippen molar-refractivity contribution in [3.05, 3.63) is 24.4 Å². The number of nitrogen functional groups attached to an aromatic ring is 1. The van der Waals surface area contributed by atoms with E-state index in [9.17, 15) is 0 Å². The molecule has 3 rings (SSSR count). The molecule has 2 N–H and O–H groups in total. The third-order valence-electron chi connectivity index (χ3n) is 2.86. The molecule has 1 aliphatic rings. The Morgan fingerprint density at radius 1 is 1.24 bits per heavy atom. The monoisotopic (exact) mass is 231 g/mol. The molecule has 0 bridgehead atoms. The molecule has 2 heterocycles. The molecule has 0 aliphatic carbocycles. The average Bonchev–Trinajstić information content (AvgIpc) is 2.70. The van der Waals surface area contributed by atoms with Gasteiger partial charge in [-0.25, -0.2) is 4.98 Å². The zero-order chi connectivity index (χ0) is 11.8. The number of nitrogens with two attached hydrogens (primary N) is 1. The fraction of sp³-hybridized carbons (Fsp3) is 0.250. The molecule has 88 valence electrons. The Bertz CT molecular complexity index is 563. The molecular formula is C12H13N3O2. The van der Waals surface area contributed by atoms with E-state index in [2.05, 4.69) is 4.98 Å². The third-order valence-corrected chi connectivity index (χ3v) is 2.86. The summed E-state index contributed by atoms with van der Waals surface area (Å²) in [5.74, 6) is 2.05. The summed E-state index contributed by atoms with van der Waals surface area (Å²) in [6.07, 6.45) is 1.75. The van der Waals surface area contributed by atoms with Gasteiger partial charge in [-0.2, -0.15) is 0 Å². The van der Waals surface area contributed by atoms with Crippen LogP contribution in [0.15, 0.2) is 24.4 Å². The topological polar surface area (TPSA) is 62.3 Å². The van der Waals surface area contributed by atoms with Gasteiger partial charge in [0.15, 0.2) is 17.4 Å². The van der Waals surface area contributed by atoms with Crippen LogP contribution in [0.25, 0.3) is 11.3 Å². The van der Waals surface area contributed by atoms with E-state index in [-0.39, 0.29) is 0 Å². The SMILES string of the molecule is Cn1c(-c2ccc3c(c2)OCCO3)cnc1N.